The molecular formula is C22H26N2O3. The first-order valence-electron chi connectivity index (χ1n) is 8.92. The van der Waals surface area contributed by atoms with Crippen molar-refractivity contribution in [1.29, 1.82) is 0 Å². The first-order valence-corrected chi connectivity index (χ1v) is 8.92. The lowest BCUT2D eigenvalue weighted by atomic mass is 10.1. The monoisotopic (exact) mass is 366 g/mol. The van der Waals surface area contributed by atoms with E-state index in [9.17, 15) is 0 Å². The van der Waals surface area contributed by atoms with Gasteiger partial charge in [-0.2, -0.15) is 0 Å². The van der Waals surface area contributed by atoms with Crippen LogP contribution in [0.4, 0.5) is 0 Å². The highest BCUT2D eigenvalue weighted by Gasteiger charge is 2.17. The summed E-state index contributed by atoms with van der Waals surface area (Å²) in [5, 5.41) is 4.50. The number of benzene rings is 2. The van der Waals surface area contributed by atoms with Crippen LogP contribution in [-0.2, 0) is 13.1 Å². The van der Waals surface area contributed by atoms with E-state index in [1.54, 1.807) is 21.3 Å². The van der Waals surface area contributed by atoms with Crippen LogP contribution in [0.3, 0.4) is 0 Å². The molecule has 5 heteroatoms. The lowest BCUT2D eigenvalue weighted by Crippen LogP contribution is -2.38. The number of nitrogens with zero attached hydrogens (tertiary/aromatic N) is 2. The Morgan fingerprint density at radius 1 is 0.889 bits per heavy atom. The zero-order valence-electron chi connectivity index (χ0n) is 16.1. The van der Waals surface area contributed by atoms with Gasteiger partial charge >= 0.3 is 0 Å². The molecule has 2 aromatic carbocycles. The van der Waals surface area contributed by atoms with Crippen LogP contribution in [0.15, 0.2) is 66.9 Å². The van der Waals surface area contributed by atoms with Gasteiger partial charge in [0.1, 0.15) is 17.2 Å². The van der Waals surface area contributed by atoms with E-state index in [-0.39, 0.29) is 0 Å². The number of methoxy groups -OCH3 is 3. The van der Waals surface area contributed by atoms with E-state index in [4.69, 9.17) is 14.2 Å². The molecule has 0 spiro atoms. The molecule has 3 rings (SSSR count). The van der Waals surface area contributed by atoms with Crippen LogP contribution < -0.4 is 14.2 Å². The topological polar surface area (TPSA) is 34.2 Å². The molecule has 0 bridgehead atoms. The Morgan fingerprint density at radius 3 is 2.41 bits per heavy atom. The summed E-state index contributed by atoms with van der Waals surface area (Å²) in [6, 6.07) is 14.1. The van der Waals surface area contributed by atoms with Gasteiger partial charge in [-0.1, -0.05) is 30.4 Å². The van der Waals surface area contributed by atoms with E-state index in [1.807, 2.05) is 30.3 Å². The molecule has 0 saturated heterocycles. The summed E-state index contributed by atoms with van der Waals surface area (Å²) in [4.78, 5) is 0. The van der Waals surface area contributed by atoms with Crippen molar-refractivity contribution < 1.29 is 14.2 Å². The molecule has 0 N–H and O–H groups in total. The minimum absolute atomic E-state index is 0.711. The fourth-order valence-electron chi connectivity index (χ4n) is 3.07. The van der Waals surface area contributed by atoms with Gasteiger partial charge in [-0.15, -0.1) is 0 Å². The van der Waals surface area contributed by atoms with E-state index in [0.29, 0.717) is 6.54 Å². The summed E-state index contributed by atoms with van der Waals surface area (Å²) in [5.41, 5.74) is 2.29. The Morgan fingerprint density at radius 2 is 1.70 bits per heavy atom. The van der Waals surface area contributed by atoms with Crippen molar-refractivity contribution in [3.63, 3.8) is 0 Å². The largest absolute Gasteiger partial charge is 0.497 e. The molecule has 0 fully saturated rings. The van der Waals surface area contributed by atoms with E-state index < -0.39 is 0 Å². The highest BCUT2D eigenvalue weighted by Crippen LogP contribution is 2.27. The summed E-state index contributed by atoms with van der Waals surface area (Å²) >= 11 is 0. The van der Waals surface area contributed by atoms with Crippen molar-refractivity contribution in [3.05, 3.63) is 78.0 Å². The molecule has 0 aromatic heterocycles. The summed E-state index contributed by atoms with van der Waals surface area (Å²) in [6.07, 6.45) is 8.35. The predicted molar refractivity (Wildman–Crippen MR) is 107 cm³/mol. The van der Waals surface area contributed by atoms with Crippen LogP contribution in [0, 0.1) is 0 Å². The van der Waals surface area contributed by atoms with Crippen molar-refractivity contribution in [2.24, 2.45) is 0 Å². The Hall–Kier alpha value is -2.92. The van der Waals surface area contributed by atoms with Gasteiger partial charge < -0.3 is 19.2 Å². The maximum absolute atomic E-state index is 5.59. The molecule has 0 aliphatic carbocycles. The average Bonchev–Trinajstić information content (AvgIpc) is 2.74. The molecule has 27 heavy (non-hydrogen) atoms. The second kappa shape index (κ2) is 9.14. The number of allylic oxidation sites excluding steroid dienone is 2. The van der Waals surface area contributed by atoms with Gasteiger partial charge in [-0.25, -0.2) is 5.01 Å². The molecule has 0 atom stereocenters. The van der Waals surface area contributed by atoms with Crippen LogP contribution in [0.2, 0.25) is 0 Å². The smallest absolute Gasteiger partial charge is 0.127 e. The molecule has 2 aromatic rings. The molecule has 142 valence electrons. The van der Waals surface area contributed by atoms with Crippen LogP contribution in [0.5, 0.6) is 17.2 Å². The summed E-state index contributed by atoms with van der Waals surface area (Å²) < 4.78 is 16.3. The standard InChI is InChI=1S/C22H26N2O3/c1-25-20-9-7-8-18(14-20)16-24(23-12-5-4-6-13-23)17-19-10-11-21(26-2)15-22(19)27-3/h4-12,14-15H,13,16-17H2,1-3H3. The first-order chi connectivity index (χ1) is 13.2. The minimum atomic E-state index is 0.711. The normalized spacial score (nSPS) is 13.1. The Balaban J connectivity index is 1.86. The maximum Gasteiger partial charge on any atom is 0.127 e. The number of rotatable bonds is 8. The van der Waals surface area contributed by atoms with Crippen LogP contribution in [-0.4, -0.2) is 37.9 Å². The fourth-order valence-corrected chi connectivity index (χ4v) is 3.07. The Kier molecular flexibility index (Phi) is 6.39. The number of hydrazine groups is 1. The summed E-state index contributed by atoms with van der Waals surface area (Å²) in [5.74, 6) is 2.47. The third-order valence-electron chi connectivity index (χ3n) is 4.51. The van der Waals surface area contributed by atoms with E-state index in [2.05, 4.69) is 46.6 Å². The zero-order chi connectivity index (χ0) is 19.1. The van der Waals surface area contributed by atoms with E-state index in [0.717, 1.165) is 35.9 Å². The van der Waals surface area contributed by atoms with Crippen molar-refractivity contribution in [3.8, 4) is 17.2 Å². The number of hydrogen-bond donors (Lipinski definition) is 0. The second-order valence-electron chi connectivity index (χ2n) is 6.24. The van der Waals surface area contributed by atoms with Crippen LogP contribution >= 0.6 is 0 Å². The molecule has 1 heterocycles. The average molecular weight is 366 g/mol. The molecule has 0 saturated carbocycles. The number of ether oxygens (including phenoxy) is 3. The Labute approximate surface area is 161 Å². The molecular weight excluding hydrogens is 340 g/mol. The fraction of sp³-hybridized carbons (Fsp3) is 0.273. The molecule has 0 unspecified atom stereocenters. The molecule has 5 nitrogen and oxygen atoms in total. The lowest BCUT2D eigenvalue weighted by Gasteiger charge is -2.35. The van der Waals surface area contributed by atoms with Crippen LogP contribution in [0.1, 0.15) is 11.1 Å². The van der Waals surface area contributed by atoms with E-state index >= 15 is 0 Å². The second-order valence-corrected chi connectivity index (χ2v) is 6.24. The third kappa shape index (κ3) is 4.83. The van der Waals surface area contributed by atoms with Crippen molar-refractivity contribution in [2.45, 2.75) is 13.1 Å². The quantitative estimate of drug-likeness (QED) is 0.705. The van der Waals surface area contributed by atoms with Gasteiger partial charge in [0.15, 0.2) is 0 Å². The van der Waals surface area contributed by atoms with Crippen molar-refractivity contribution in [1.82, 2.24) is 10.0 Å². The van der Waals surface area contributed by atoms with Gasteiger partial charge in [0, 0.05) is 30.9 Å². The van der Waals surface area contributed by atoms with Gasteiger partial charge in [0.2, 0.25) is 0 Å². The highest BCUT2D eigenvalue weighted by atomic mass is 16.5. The maximum atomic E-state index is 5.59. The minimum Gasteiger partial charge on any atom is -0.497 e. The van der Waals surface area contributed by atoms with Gasteiger partial charge in [0.25, 0.3) is 0 Å². The third-order valence-corrected chi connectivity index (χ3v) is 4.51. The number of hydrogen-bond acceptors (Lipinski definition) is 5. The molecule has 1 aliphatic rings. The van der Waals surface area contributed by atoms with Crippen LogP contribution in [0.25, 0.3) is 0 Å². The molecule has 0 radical (unpaired) electrons. The predicted octanol–water partition coefficient (Wildman–Crippen LogP) is 4.02. The first kappa shape index (κ1) is 18.9. The lowest BCUT2D eigenvalue weighted by molar-refractivity contribution is 0.0125. The zero-order valence-corrected chi connectivity index (χ0v) is 16.1. The molecule has 1 aliphatic heterocycles. The highest BCUT2D eigenvalue weighted by molar-refractivity contribution is 5.40. The Bertz CT molecular complexity index is 817. The van der Waals surface area contributed by atoms with Crippen molar-refractivity contribution >= 4 is 0 Å². The van der Waals surface area contributed by atoms with Gasteiger partial charge in [-0.3, -0.25) is 0 Å². The van der Waals surface area contributed by atoms with Crippen molar-refractivity contribution in [2.75, 3.05) is 27.9 Å². The summed E-state index contributed by atoms with van der Waals surface area (Å²) in [6.45, 7) is 2.30. The molecule has 0 amide bonds. The van der Waals surface area contributed by atoms with Gasteiger partial charge in [-0.05, 0) is 29.8 Å². The van der Waals surface area contributed by atoms with Gasteiger partial charge in [0.05, 0.1) is 27.9 Å². The van der Waals surface area contributed by atoms with E-state index in [1.165, 1.54) is 5.56 Å². The summed E-state index contributed by atoms with van der Waals surface area (Å²) in [7, 11) is 5.04. The SMILES string of the molecule is COc1cccc(CN(Cc2ccc(OC)cc2OC)N2C=CC=CC2)c1.